The summed E-state index contributed by atoms with van der Waals surface area (Å²) < 4.78 is 5.28. The van der Waals surface area contributed by atoms with Crippen LogP contribution in [-0.4, -0.2) is 70.0 Å². The van der Waals surface area contributed by atoms with Crippen LogP contribution in [0.3, 0.4) is 0 Å². The van der Waals surface area contributed by atoms with Crippen LogP contribution in [0, 0.1) is 5.92 Å². The van der Waals surface area contributed by atoms with Crippen molar-refractivity contribution in [1.82, 2.24) is 25.2 Å². The summed E-state index contributed by atoms with van der Waals surface area (Å²) in [6, 6.07) is 5.27. The normalized spacial score (nSPS) is 15.5. The van der Waals surface area contributed by atoms with Crippen molar-refractivity contribution in [3.05, 3.63) is 23.8 Å². The zero-order valence-electron chi connectivity index (χ0n) is 14.6. The average molecular weight is 345 g/mol. The van der Waals surface area contributed by atoms with Crippen LogP contribution in [0.2, 0.25) is 0 Å². The highest BCUT2D eigenvalue weighted by Gasteiger charge is 2.24. The summed E-state index contributed by atoms with van der Waals surface area (Å²) in [4.78, 5) is 28.3. The monoisotopic (exact) mass is 345 g/mol. The zero-order chi connectivity index (χ0) is 17.8. The molecule has 8 nitrogen and oxygen atoms in total. The Balaban J connectivity index is 1.62. The molecule has 0 radical (unpaired) electrons. The maximum atomic E-state index is 12.7. The molecule has 1 fully saturated rings. The van der Waals surface area contributed by atoms with E-state index < -0.39 is 0 Å². The number of hydrogen-bond donors (Lipinski definition) is 1. The first-order valence-corrected chi connectivity index (χ1v) is 8.56. The number of H-pyrrole nitrogens is 1. The lowest BCUT2D eigenvalue weighted by molar-refractivity contribution is 0.0746. The Morgan fingerprint density at radius 2 is 1.84 bits per heavy atom. The molecule has 0 saturated carbocycles. The quantitative estimate of drug-likeness (QED) is 0.917. The molecule has 1 saturated heterocycles. The summed E-state index contributed by atoms with van der Waals surface area (Å²) in [7, 11) is 0. The van der Waals surface area contributed by atoms with Gasteiger partial charge in [-0.25, -0.2) is 4.79 Å². The molecule has 0 bridgehead atoms. The van der Waals surface area contributed by atoms with Crippen molar-refractivity contribution >= 4 is 23.0 Å². The third-order valence-electron chi connectivity index (χ3n) is 4.14. The van der Waals surface area contributed by atoms with Gasteiger partial charge in [0.1, 0.15) is 11.0 Å². The maximum absolute atomic E-state index is 12.7. The summed E-state index contributed by atoms with van der Waals surface area (Å²) in [6.45, 7) is 6.60. The van der Waals surface area contributed by atoms with Gasteiger partial charge in [-0.1, -0.05) is 13.8 Å². The number of aromatic nitrogens is 3. The van der Waals surface area contributed by atoms with Crippen molar-refractivity contribution in [2.24, 2.45) is 5.92 Å². The van der Waals surface area contributed by atoms with Crippen LogP contribution < -0.4 is 0 Å². The predicted octanol–water partition coefficient (Wildman–Crippen LogP) is 1.90. The Morgan fingerprint density at radius 3 is 2.64 bits per heavy atom. The van der Waals surface area contributed by atoms with Gasteiger partial charge in [-0.2, -0.15) is 15.4 Å². The molecular formula is C17H23N5O3. The van der Waals surface area contributed by atoms with Crippen molar-refractivity contribution < 1.29 is 14.3 Å². The number of aromatic amines is 1. The molecule has 0 unspecified atom stereocenters. The summed E-state index contributed by atoms with van der Waals surface area (Å²) in [5, 5.41) is 10.6. The number of carbonyl (C=O) groups excluding carboxylic acids is 2. The number of nitrogens with one attached hydrogen (secondary N) is 1. The molecule has 0 spiro atoms. The van der Waals surface area contributed by atoms with Gasteiger partial charge in [0.05, 0.1) is 6.61 Å². The minimum Gasteiger partial charge on any atom is -0.449 e. The molecule has 1 aromatic heterocycles. The van der Waals surface area contributed by atoms with E-state index >= 15 is 0 Å². The highest BCUT2D eigenvalue weighted by molar-refractivity contribution is 5.97. The van der Waals surface area contributed by atoms with Gasteiger partial charge in [0.25, 0.3) is 5.91 Å². The Bertz CT molecular complexity index is 758. The summed E-state index contributed by atoms with van der Waals surface area (Å²) in [5.74, 6) is 0.253. The second-order valence-electron chi connectivity index (χ2n) is 6.63. The maximum Gasteiger partial charge on any atom is 0.409 e. The molecule has 1 aliphatic heterocycles. The fraction of sp³-hybridized carbons (Fsp3) is 0.529. The summed E-state index contributed by atoms with van der Waals surface area (Å²) in [6.07, 6.45) is 0.432. The van der Waals surface area contributed by atoms with Crippen molar-refractivity contribution in [3.63, 3.8) is 0 Å². The van der Waals surface area contributed by atoms with Gasteiger partial charge >= 0.3 is 6.09 Å². The van der Waals surface area contributed by atoms with Crippen molar-refractivity contribution in [3.8, 4) is 0 Å². The van der Waals surface area contributed by atoms with Crippen molar-refractivity contribution in [2.45, 2.75) is 20.3 Å². The predicted molar refractivity (Wildman–Crippen MR) is 92.2 cm³/mol. The number of amides is 2. The second-order valence-corrected chi connectivity index (χ2v) is 6.63. The van der Waals surface area contributed by atoms with Crippen LogP contribution in [0.4, 0.5) is 4.79 Å². The molecule has 0 atom stereocenters. The number of rotatable bonds is 3. The zero-order valence-corrected chi connectivity index (χ0v) is 14.6. The SMILES string of the molecule is CC(C)COC(=O)N1CCCN(C(=O)c2ccc3n[nH]nc3c2)CC1. The van der Waals surface area contributed by atoms with E-state index in [1.165, 1.54) is 0 Å². The molecule has 2 heterocycles. The van der Waals surface area contributed by atoms with Gasteiger partial charge in [0.2, 0.25) is 0 Å². The number of fused-ring (bicyclic) bond motifs is 1. The number of benzene rings is 1. The molecular weight excluding hydrogens is 322 g/mol. The Morgan fingerprint density at radius 1 is 1.12 bits per heavy atom. The third kappa shape index (κ3) is 4.07. The highest BCUT2D eigenvalue weighted by Crippen LogP contribution is 2.14. The van der Waals surface area contributed by atoms with E-state index in [9.17, 15) is 9.59 Å². The molecule has 134 valence electrons. The van der Waals surface area contributed by atoms with Crippen LogP contribution in [0.5, 0.6) is 0 Å². The number of hydrogen-bond acceptors (Lipinski definition) is 5. The van der Waals surface area contributed by atoms with Crippen LogP contribution in [0.15, 0.2) is 18.2 Å². The first-order valence-electron chi connectivity index (χ1n) is 8.56. The Hall–Kier alpha value is -2.64. The smallest absolute Gasteiger partial charge is 0.409 e. The minimum absolute atomic E-state index is 0.0534. The lowest BCUT2D eigenvalue weighted by atomic mass is 10.1. The molecule has 2 aromatic rings. The average Bonchev–Trinajstić information content (AvgIpc) is 2.93. The van der Waals surface area contributed by atoms with Gasteiger partial charge in [-0.3, -0.25) is 4.79 Å². The fourth-order valence-electron chi connectivity index (χ4n) is 2.79. The van der Waals surface area contributed by atoms with Crippen molar-refractivity contribution in [2.75, 3.05) is 32.8 Å². The molecule has 1 N–H and O–H groups in total. The molecule has 1 aromatic carbocycles. The standard InChI is InChI=1S/C17H23N5O3/c1-12(2)11-25-17(24)22-7-3-6-21(8-9-22)16(23)13-4-5-14-15(10-13)19-20-18-14/h4-5,10,12H,3,6-9,11H2,1-2H3,(H,18,19,20). The van der Waals surface area contributed by atoms with Crippen LogP contribution in [0.1, 0.15) is 30.6 Å². The molecule has 0 aliphatic carbocycles. The van der Waals surface area contributed by atoms with Gasteiger partial charge in [0.15, 0.2) is 0 Å². The van der Waals surface area contributed by atoms with Gasteiger partial charge in [-0.15, -0.1) is 0 Å². The highest BCUT2D eigenvalue weighted by atomic mass is 16.6. The van der Waals surface area contributed by atoms with E-state index in [1.807, 2.05) is 13.8 Å². The van der Waals surface area contributed by atoms with E-state index in [2.05, 4.69) is 15.4 Å². The van der Waals surface area contributed by atoms with Gasteiger partial charge in [-0.05, 0) is 30.5 Å². The fourth-order valence-corrected chi connectivity index (χ4v) is 2.79. The lowest BCUT2D eigenvalue weighted by Crippen LogP contribution is -2.37. The molecule has 2 amide bonds. The van der Waals surface area contributed by atoms with Gasteiger partial charge < -0.3 is 14.5 Å². The first kappa shape index (κ1) is 17.2. The Kier molecular flexibility index (Phi) is 5.16. The molecule has 25 heavy (non-hydrogen) atoms. The Labute approximate surface area is 146 Å². The van der Waals surface area contributed by atoms with E-state index in [0.29, 0.717) is 49.8 Å². The summed E-state index contributed by atoms with van der Waals surface area (Å²) >= 11 is 0. The van der Waals surface area contributed by atoms with E-state index in [1.54, 1.807) is 28.0 Å². The topological polar surface area (TPSA) is 91.4 Å². The van der Waals surface area contributed by atoms with E-state index in [-0.39, 0.29) is 12.0 Å². The first-order chi connectivity index (χ1) is 12.0. The number of nitrogens with zero attached hydrogens (tertiary/aromatic N) is 4. The molecule has 8 heteroatoms. The number of carbonyl (C=O) groups is 2. The largest absolute Gasteiger partial charge is 0.449 e. The van der Waals surface area contributed by atoms with Crippen molar-refractivity contribution in [1.29, 1.82) is 0 Å². The van der Waals surface area contributed by atoms with E-state index in [0.717, 1.165) is 11.9 Å². The summed E-state index contributed by atoms with van der Waals surface area (Å²) in [5.41, 5.74) is 1.98. The van der Waals surface area contributed by atoms with Crippen LogP contribution in [-0.2, 0) is 4.74 Å². The minimum atomic E-state index is -0.299. The number of ether oxygens (including phenoxy) is 1. The van der Waals surface area contributed by atoms with Crippen LogP contribution >= 0.6 is 0 Å². The van der Waals surface area contributed by atoms with Crippen LogP contribution in [0.25, 0.3) is 11.0 Å². The second kappa shape index (κ2) is 7.50. The van der Waals surface area contributed by atoms with Gasteiger partial charge in [0, 0.05) is 31.7 Å². The third-order valence-corrected chi connectivity index (χ3v) is 4.14. The van der Waals surface area contributed by atoms with E-state index in [4.69, 9.17) is 4.74 Å². The lowest BCUT2D eigenvalue weighted by Gasteiger charge is -2.22. The molecule has 1 aliphatic rings. The molecule has 3 rings (SSSR count).